The fourth-order valence-corrected chi connectivity index (χ4v) is 3.27. The van der Waals surface area contributed by atoms with E-state index in [1.54, 1.807) is 0 Å². The van der Waals surface area contributed by atoms with Crippen LogP contribution in [-0.2, 0) is 0 Å². The van der Waals surface area contributed by atoms with Crippen LogP contribution in [0.3, 0.4) is 0 Å². The standard InChI is InChI=1S/C20H23N3OS/c1-14-5-10-18(15(2)13-14)22-20(25)21-17-8-6-16(7-9-17)19(24)23-11-3-4-12-23/h5-10,13H,3-4,11-12H2,1-2H3,(H2,21,22,25). The summed E-state index contributed by atoms with van der Waals surface area (Å²) in [6.45, 7) is 5.85. The zero-order valence-electron chi connectivity index (χ0n) is 14.6. The lowest BCUT2D eigenvalue weighted by molar-refractivity contribution is 0.0793. The molecule has 0 unspecified atom stereocenters. The highest BCUT2D eigenvalue weighted by Gasteiger charge is 2.19. The average molecular weight is 353 g/mol. The largest absolute Gasteiger partial charge is 0.339 e. The average Bonchev–Trinajstić information content (AvgIpc) is 3.12. The summed E-state index contributed by atoms with van der Waals surface area (Å²) < 4.78 is 0. The Labute approximate surface area is 154 Å². The minimum atomic E-state index is 0.111. The molecule has 3 rings (SSSR count). The van der Waals surface area contributed by atoms with Crippen LogP contribution in [0.1, 0.15) is 34.3 Å². The zero-order chi connectivity index (χ0) is 17.8. The van der Waals surface area contributed by atoms with E-state index in [0.29, 0.717) is 5.11 Å². The maximum absolute atomic E-state index is 12.4. The molecule has 130 valence electrons. The minimum absolute atomic E-state index is 0.111. The Kier molecular flexibility index (Phi) is 5.34. The van der Waals surface area contributed by atoms with Crippen LogP contribution in [0, 0.1) is 13.8 Å². The van der Waals surface area contributed by atoms with Gasteiger partial charge in [-0.3, -0.25) is 4.79 Å². The Balaban J connectivity index is 1.60. The second-order valence-corrected chi connectivity index (χ2v) is 6.88. The molecule has 0 bridgehead atoms. The number of anilines is 2. The minimum Gasteiger partial charge on any atom is -0.339 e. The molecular weight excluding hydrogens is 330 g/mol. The van der Waals surface area contributed by atoms with Gasteiger partial charge in [-0.05, 0) is 74.8 Å². The van der Waals surface area contributed by atoms with E-state index in [-0.39, 0.29) is 5.91 Å². The van der Waals surface area contributed by atoms with Gasteiger partial charge in [0, 0.05) is 30.0 Å². The van der Waals surface area contributed by atoms with Crippen molar-refractivity contribution in [2.45, 2.75) is 26.7 Å². The molecule has 0 atom stereocenters. The quantitative estimate of drug-likeness (QED) is 0.805. The molecule has 0 saturated carbocycles. The molecule has 0 radical (unpaired) electrons. The van der Waals surface area contributed by atoms with Gasteiger partial charge in [-0.2, -0.15) is 0 Å². The van der Waals surface area contributed by atoms with Gasteiger partial charge in [-0.1, -0.05) is 17.7 Å². The summed E-state index contributed by atoms with van der Waals surface area (Å²) in [7, 11) is 0. The summed E-state index contributed by atoms with van der Waals surface area (Å²) in [5.74, 6) is 0.111. The Morgan fingerprint density at radius 1 is 1.00 bits per heavy atom. The number of hydrogen-bond acceptors (Lipinski definition) is 2. The lowest BCUT2D eigenvalue weighted by Gasteiger charge is -2.16. The van der Waals surface area contributed by atoms with Crippen molar-refractivity contribution in [3.63, 3.8) is 0 Å². The fraction of sp³-hybridized carbons (Fsp3) is 0.300. The van der Waals surface area contributed by atoms with E-state index >= 15 is 0 Å². The van der Waals surface area contributed by atoms with Crippen molar-refractivity contribution in [3.8, 4) is 0 Å². The molecule has 1 aliphatic heterocycles. The summed E-state index contributed by atoms with van der Waals surface area (Å²) in [5.41, 5.74) is 4.95. The number of nitrogens with one attached hydrogen (secondary N) is 2. The number of hydrogen-bond donors (Lipinski definition) is 2. The predicted octanol–water partition coefficient (Wildman–Crippen LogP) is 4.35. The fourth-order valence-electron chi connectivity index (χ4n) is 3.04. The maximum Gasteiger partial charge on any atom is 0.253 e. The molecule has 2 N–H and O–H groups in total. The number of benzene rings is 2. The van der Waals surface area contributed by atoms with Crippen LogP contribution in [0.5, 0.6) is 0 Å². The molecule has 1 saturated heterocycles. The first-order valence-corrected chi connectivity index (χ1v) is 8.98. The molecule has 4 nitrogen and oxygen atoms in total. The van der Waals surface area contributed by atoms with E-state index < -0.39 is 0 Å². The normalized spacial score (nSPS) is 13.6. The summed E-state index contributed by atoms with van der Waals surface area (Å²) >= 11 is 5.38. The monoisotopic (exact) mass is 353 g/mol. The van der Waals surface area contributed by atoms with Crippen molar-refractivity contribution < 1.29 is 4.79 Å². The highest BCUT2D eigenvalue weighted by Crippen LogP contribution is 2.18. The SMILES string of the molecule is Cc1ccc(NC(=S)Nc2ccc(C(=O)N3CCCC3)cc2)c(C)c1. The highest BCUT2D eigenvalue weighted by atomic mass is 32.1. The van der Waals surface area contributed by atoms with E-state index in [2.05, 4.69) is 36.6 Å². The summed E-state index contributed by atoms with van der Waals surface area (Å²) in [6.07, 6.45) is 2.20. The van der Waals surface area contributed by atoms with Crippen LogP contribution in [0.15, 0.2) is 42.5 Å². The number of rotatable bonds is 3. The van der Waals surface area contributed by atoms with Crippen LogP contribution >= 0.6 is 12.2 Å². The molecular formula is C20H23N3OS. The molecule has 0 aliphatic carbocycles. The van der Waals surface area contributed by atoms with Crippen molar-refractivity contribution in [1.29, 1.82) is 0 Å². The number of carbonyl (C=O) groups is 1. The Morgan fingerprint density at radius 2 is 1.68 bits per heavy atom. The molecule has 25 heavy (non-hydrogen) atoms. The molecule has 2 aromatic rings. The third-order valence-corrected chi connectivity index (χ3v) is 4.62. The van der Waals surface area contributed by atoms with Crippen molar-refractivity contribution in [2.75, 3.05) is 23.7 Å². The maximum atomic E-state index is 12.4. The smallest absolute Gasteiger partial charge is 0.253 e. The summed E-state index contributed by atoms with van der Waals surface area (Å²) in [4.78, 5) is 14.3. The zero-order valence-corrected chi connectivity index (χ0v) is 15.5. The molecule has 2 aromatic carbocycles. The highest BCUT2D eigenvalue weighted by molar-refractivity contribution is 7.80. The van der Waals surface area contributed by atoms with Crippen molar-refractivity contribution in [2.24, 2.45) is 0 Å². The Hall–Kier alpha value is -2.40. The van der Waals surface area contributed by atoms with Crippen LogP contribution < -0.4 is 10.6 Å². The molecule has 0 spiro atoms. The van der Waals surface area contributed by atoms with Gasteiger partial charge >= 0.3 is 0 Å². The van der Waals surface area contributed by atoms with E-state index in [1.165, 1.54) is 5.56 Å². The van der Waals surface area contributed by atoms with Gasteiger partial charge in [0.15, 0.2) is 5.11 Å². The summed E-state index contributed by atoms with van der Waals surface area (Å²) in [6, 6.07) is 13.7. The number of likely N-dealkylation sites (tertiary alicyclic amines) is 1. The Morgan fingerprint density at radius 3 is 2.32 bits per heavy atom. The van der Waals surface area contributed by atoms with Gasteiger partial charge in [0.2, 0.25) is 0 Å². The second kappa shape index (κ2) is 7.66. The van der Waals surface area contributed by atoms with E-state index in [9.17, 15) is 4.79 Å². The first-order valence-electron chi connectivity index (χ1n) is 8.57. The number of amides is 1. The van der Waals surface area contributed by atoms with Crippen molar-refractivity contribution in [3.05, 3.63) is 59.2 Å². The van der Waals surface area contributed by atoms with Crippen LogP contribution in [0.25, 0.3) is 0 Å². The molecule has 1 fully saturated rings. The number of aryl methyl sites for hydroxylation is 2. The van der Waals surface area contributed by atoms with E-state index in [1.807, 2.05) is 35.2 Å². The van der Waals surface area contributed by atoms with Crippen LogP contribution in [0.4, 0.5) is 11.4 Å². The Bertz CT molecular complexity index is 780. The van der Waals surface area contributed by atoms with Gasteiger partial charge < -0.3 is 15.5 Å². The molecule has 0 aromatic heterocycles. The van der Waals surface area contributed by atoms with E-state index in [0.717, 1.165) is 48.4 Å². The van der Waals surface area contributed by atoms with Crippen molar-refractivity contribution >= 4 is 34.6 Å². The van der Waals surface area contributed by atoms with Gasteiger partial charge in [0.25, 0.3) is 5.91 Å². The van der Waals surface area contributed by atoms with Gasteiger partial charge in [-0.25, -0.2) is 0 Å². The van der Waals surface area contributed by atoms with Crippen LogP contribution in [-0.4, -0.2) is 29.0 Å². The molecule has 1 amide bonds. The molecule has 1 aliphatic rings. The first kappa shape index (κ1) is 17.4. The van der Waals surface area contributed by atoms with Crippen molar-refractivity contribution in [1.82, 2.24) is 4.90 Å². The first-order chi connectivity index (χ1) is 12.0. The predicted molar refractivity (Wildman–Crippen MR) is 107 cm³/mol. The molecule has 1 heterocycles. The van der Waals surface area contributed by atoms with Gasteiger partial charge in [0.1, 0.15) is 0 Å². The van der Waals surface area contributed by atoms with Crippen LogP contribution in [0.2, 0.25) is 0 Å². The third kappa shape index (κ3) is 4.37. The lowest BCUT2D eigenvalue weighted by atomic mass is 10.1. The second-order valence-electron chi connectivity index (χ2n) is 6.47. The third-order valence-electron chi connectivity index (χ3n) is 4.41. The topological polar surface area (TPSA) is 44.4 Å². The number of carbonyl (C=O) groups excluding carboxylic acids is 1. The van der Waals surface area contributed by atoms with Gasteiger partial charge in [-0.15, -0.1) is 0 Å². The van der Waals surface area contributed by atoms with Gasteiger partial charge in [0.05, 0.1) is 0 Å². The van der Waals surface area contributed by atoms with E-state index in [4.69, 9.17) is 12.2 Å². The number of thiocarbonyl (C=S) groups is 1. The summed E-state index contributed by atoms with van der Waals surface area (Å²) in [5, 5.41) is 6.91. The number of nitrogens with zero attached hydrogens (tertiary/aromatic N) is 1. The molecule has 5 heteroatoms. The lowest BCUT2D eigenvalue weighted by Crippen LogP contribution is -2.27.